The molecule has 5 heteroatoms. The Morgan fingerprint density at radius 1 is 0.960 bits per heavy atom. The van der Waals surface area contributed by atoms with Crippen LogP contribution in [-0.4, -0.2) is 29.0 Å². The fourth-order valence-electron chi connectivity index (χ4n) is 2.51. The average molecular weight is 333 g/mol. The van der Waals surface area contributed by atoms with Crippen LogP contribution in [0.1, 0.15) is 16.8 Å². The molecule has 128 valence electrons. The van der Waals surface area contributed by atoms with Crippen LogP contribution < -0.4 is 10.2 Å². The van der Waals surface area contributed by atoms with Crippen molar-refractivity contribution < 1.29 is 0 Å². The van der Waals surface area contributed by atoms with Gasteiger partial charge in [0.05, 0.1) is 0 Å². The maximum atomic E-state index is 4.67. The van der Waals surface area contributed by atoms with Gasteiger partial charge >= 0.3 is 0 Å². The summed E-state index contributed by atoms with van der Waals surface area (Å²) in [6, 6.07) is 14.3. The smallest absolute Gasteiger partial charge is 0.180 e. The van der Waals surface area contributed by atoms with E-state index >= 15 is 0 Å². The molecule has 3 aromatic rings. The molecule has 3 rings (SSSR count). The van der Waals surface area contributed by atoms with Gasteiger partial charge in [-0.25, -0.2) is 9.97 Å². The van der Waals surface area contributed by atoms with Gasteiger partial charge in [0.1, 0.15) is 11.5 Å². The Bertz CT molecular complexity index is 842. The minimum absolute atomic E-state index is 0.647. The highest BCUT2D eigenvalue weighted by molar-refractivity contribution is 5.56. The van der Waals surface area contributed by atoms with Gasteiger partial charge in [-0.15, -0.1) is 0 Å². The number of aromatic nitrogens is 3. The Kier molecular flexibility index (Phi) is 4.93. The zero-order chi connectivity index (χ0) is 17.8. The zero-order valence-electron chi connectivity index (χ0n) is 15.1. The normalized spacial score (nSPS) is 10.6. The largest absolute Gasteiger partial charge is 0.378 e. The molecule has 0 aliphatic rings. The molecule has 0 aliphatic heterocycles. The quantitative estimate of drug-likeness (QED) is 0.769. The number of aryl methyl sites for hydroxylation is 1. The third-order valence-electron chi connectivity index (χ3n) is 4.20. The molecule has 1 aromatic carbocycles. The van der Waals surface area contributed by atoms with Crippen molar-refractivity contribution >= 4 is 11.5 Å². The van der Waals surface area contributed by atoms with Crippen molar-refractivity contribution in [3.05, 3.63) is 65.5 Å². The monoisotopic (exact) mass is 333 g/mol. The lowest BCUT2D eigenvalue weighted by Crippen LogP contribution is -2.09. The van der Waals surface area contributed by atoms with Gasteiger partial charge in [-0.1, -0.05) is 18.2 Å². The van der Waals surface area contributed by atoms with Crippen LogP contribution in [0.15, 0.2) is 48.7 Å². The van der Waals surface area contributed by atoms with Crippen LogP contribution in [0.25, 0.3) is 11.5 Å². The molecule has 0 spiro atoms. The maximum Gasteiger partial charge on any atom is 0.180 e. The van der Waals surface area contributed by atoms with E-state index in [4.69, 9.17) is 0 Å². The van der Waals surface area contributed by atoms with Gasteiger partial charge in [-0.2, -0.15) is 0 Å². The van der Waals surface area contributed by atoms with Crippen molar-refractivity contribution in [3.63, 3.8) is 0 Å². The van der Waals surface area contributed by atoms with E-state index < -0.39 is 0 Å². The van der Waals surface area contributed by atoms with Crippen molar-refractivity contribution in [1.29, 1.82) is 0 Å². The molecule has 0 fully saturated rings. The summed E-state index contributed by atoms with van der Waals surface area (Å²) >= 11 is 0. The lowest BCUT2D eigenvalue weighted by atomic mass is 10.2. The summed E-state index contributed by atoms with van der Waals surface area (Å²) in [5.41, 5.74) is 5.20. The Morgan fingerprint density at radius 3 is 2.36 bits per heavy atom. The maximum absolute atomic E-state index is 4.67. The van der Waals surface area contributed by atoms with Crippen LogP contribution in [0.3, 0.4) is 0 Å². The number of nitrogens with zero attached hydrogens (tertiary/aromatic N) is 4. The summed E-state index contributed by atoms with van der Waals surface area (Å²) in [5, 5.41) is 3.44. The summed E-state index contributed by atoms with van der Waals surface area (Å²) in [5.74, 6) is 1.50. The third kappa shape index (κ3) is 3.94. The van der Waals surface area contributed by atoms with Crippen LogP contribution in [-0.2, 0) is 6.54 Å². The van der Waals surface area contributed by atoms with Crippen molar-refractivity contribution in [3.8, 4) is 11.5 Å². The molecule has 2 aromatic heterocycles. The van der Waals surface area contributed by atoms with E-state index in [-0.39, 0.29) is 0 Å². The molecular weight excluding hydrogens is 310 g/mol. The molecule has 0 saturated heterocycles. The van der Waals surface area contributed by atoms with Gasteiger partial charge in [0.15, 0.2) is 5.82 Å². The highest BCUT2D eigenvalue weighted by Crippen LogP contribution is 2.21. The summed E-state index contributed by atoms with van der Waals surface area (Å²) in [6.45, 7) is 4.75. The minimum atomic E-state index is 0.647. The topological polar surface area (TPSA) is 53.9 Å². The van der Waals surface area contributed by atoms with Crippen LogP contribution >= 0.6 is 0 Å². The Morgan fingerprint density at radius 2 is 1.72 bits per heavy atom. The Hall–Kier alpha value is -2.95. The second kappa shape index (κ2) is 7.30. The fourth-order valence-corrected chi connectivity index (χ4v) is 2.51. The highest BCUT2D eigenvalue weighted by atomic mass is 15.1. The number of anilines is 2. The summed E-state index contributed by atoms with van der Waals surface area (Å²) in [6.07, 6.45) is 1.76. The van der Waals surface area contributed by atoms with Gasteiger partial charge in [-0.05, 0) is 43.7 Å². The van der Waals surface area contributed by atoms with Gasteiger partial charge < -0.3 is 10.2 Å². The van der Waals surface area contributed by atoms with Crippen molar-refractivity contribution in [2.24, 2.45) is 0 Å². The second-order valence-electron chi connectivity index (χ2n) is 6.24. The first-order valence-corrected chi connectivity index (χ1v) is 8.31. The second-order valence-corrected chi connectivity index (χ2v) is 6.24. The fraction of sp³-hybridized carbons (Fsp3) is 0.250. The number of pyridine rings is 1. The van der Waals surface area contributed by atoms with Crippen LogP contribution in [0, 0.1) is 13.8 Å². The van der Waals surface area contributed by atoms with Gasteiger partial charge in [-0.3, -0.25) is 4.98 Å². The number of nitrogens with one attached hydrogen (secondary N) is 1. The third-order valence-corrected chi connectivity index (χ3v) is 4.20. The molecule has 0 amide bonds. The first kappa shape index (κ1) is 16.9. The molecule has 0 aliphatic carbocycles. The molecule has 0 unspecified atom stereocenters. The number of hydrogen-bond donors (Lipinski definition) is 1. The molecule has 0 saturated carbocycles. The van der Waals surface area contributed by atoms with E-state index in [1.54, 1.807) is 6.20 Å². The molecule has 2 heterocycles. The summed E-state index contributed by atoms with van der Waals surface area (Å²) in [7, 11) is 4.08. The molecule has 5 nitrogen and oxygen atoms in total. The molecule has 25 heavy (non-hydrogen) atoms. The van der Waals surface area contributed by atoms with Gasteiger partial charge in [0, 0.05) is 43.8 Å². The summed E-state index contributed by atoms with van der Waals surface area (Å²) in [4.78, 5) is 15.7. The van der Waals surface area contributed by atoms with E-state index in [0.717, 1.165) is 22.8 Å². The van der Waals surface area contributed by atoms with Crippen LogP contribution in [0.2, 0.25) is 0 Å². The first-order chi connectivity index (χ1) is 12.0. The van der Waals surface area contributed by atoms with E-state index in [2.05, 4.69) is 49.4 Å². The molecular formula is C20H23N5. The highest BCUT2D eigenvalue weighted by Gasteiger charge is 2.10. The Balaban J connectivity index is 1.81. The minimum Gasteiger partial charge on any atom is -0.378 e. The van der Waals surface area contributed by atoms with Crippen molar-refractivity contribution in [2.75, 3.05) is 24.3 Å². The number of rotatable bonds is 5. The Labute approximate surface area is 148 Å². The zero-order valence-corrected chi connectivity index (χ0v) is 15.1. The van der Waals surface area contributed by atoms with Gasteiger partial charge in [0.25, 0.3) is 0 Å². The lowest BCUT2D eigenvalue weighted by Gasteiger charge is -2.14. The van der Waals surface area contributed by atoms with Crippen LogP contribution in [0.4, 0.5) is 11.5 Å². The van der Waals surface area contributed by atoms with Crippen molar-refractivity contribution in [1.82, 2.24) is 15.0 Å². The average Bonchev–Trinajstić information content (AvgIpc) is 2.64. The standard InChI is InChI=1S/C20H23N5/c1-14-15(2)23-20(18-7-5-6-12-21-18)24-19(14)22-13-16-8-10-17(11-9-16)25(3)4/h5-12H,13H2,1-4H3,(H,22,23,24). The SMILES string of the molecule is Cc1nc(-c2ccccn2)nc(NCc2ccc(N(C)C)cc2)c1C. The molecule has 0 radical (unpaired) electrons. The lowest BCUT2D eigenvalue weighted by molar-refractivity contribution is 1.02. The predicted octanol–water partition coefficient (Wildman–Crippen LogP) is 3.83. The van der Waals surface area contributed by atoms with E-state index in [0.29, 0.717) is 12.4 Å². The van der Waals surface area contributed by atoms with Crippen molar-refractivity contribution in [2.45, 2.75) is 20.4 Å². The summed E-state index contributed by atoms with van der Waals surface area (Å²) < 4.78 is 0. The van der Waals surface area contributed by atoms with E-state index in [1.807, 2.05) is 46.1 Å². The number of benzene rings is 1. The molecule has 0 bridgehead atoms. The first-order valence-electron chi connectivity index (χ1n) is 8.31. The van der Waals surface area contributed by atoms with Gasteiger partial charge in [0.2, 0.25) is 0 Å². The molecule has 0 atom stereocenters. The van der Waals surface area contributed by atoms with Crippen LogP contribution in [0.5, 0.6) is 0 Å². The predicted molar refractivity (Wildman–Crippen MR) is 103 cm³/mol. The van der Waals surface area contributed by atoms with E-state index in [9.17, 15) is 0 Å². The van der Waals surface area contributed by atoms with E-state index in [1.165, 1.54) is 11.3 Å². The molecule has 1 N–H and O–H groups in total. The number of hydrogen-bond acceptors (Lipinski definition) is 5.